The maximum Gasteiger partial charge on any atom is 0.317 e. The summed E-state index contributed by atoms with van der Waals surface area (Å²) in [6, 6.07) is -0.0514. The van der Waals surface area contributed by atoms with E-state index in [2.05, 4.69) is 20.2 Å². The van der Waals surface area contributed by atoms with E-state index in [-0.39, 0.29) is 12.1 Å². The Labute approximate surface area is 130 Å². The second-order valence-electron chi connectivity index (χ2n) is 6.31. The summed E-state index contributed by atoms with van der Waals surface area (Å²) >= 11 is 0. The number of rotatable bonds is 3. The summed E-state index contributed by atoms with van der Waals surface area (Å²) in [6.45, 7) is 5.38. The molecule has 3 heterocycles. The van der Waals surface area contributed by atoms with Crippen LogP contribution in [0.5, 0.6) is 0 Å². The molecule has 1 aromatic heterocycles. The Morgan fingerprint density at radius 3 is 2.86 bits per heavy atom. The highest BCUT2D eigenvalue weighted by Gasteiger charge is 2.37. The molecule has 2 aliphatic rings. The van der Waals surface area contributed by atoms with Crippen molar-refractivity contribution >= 4 is 6.03 Å². The molecule has 3 rings (SSSR count). The van der Waals surface area contributed by atoms with E-state index in [0.717, 1.165) is 24.6 Å². The van der Waals surface area contributed by atoms with Gasteiger partial charge in [0.05, 0.1) is 18.7 Å². The van der Waals surface area contributed by atoms with Gasteiger partial charge in [0.1, 0.15) is 5.82 Å². The van der Waals surface area contributed by atoms with E-state index in [9.17, 15) is 9.90 Å². The lowest BCUT2D eigenvalue weighted by Gasteiger charge is -2.33. The van der Waals surface area contributed by atoms with Crippen molar-refractivity contribution in [1.29, 1.82) is 0 Å². The lowest BCUT2D eigenvalue weighted by Crippen LogP contribution is -2.46. The van der Waals surface area contributed by atoms with E-state index < -0.39 is 6.10 Å². The Bertz CT molecular complexity index is 512. The van der Waals surface area contributed by atoms with Crippen LogP contribution >= 0.6 is 0 Å². The summed E-state index contributed by atoms with van der Waals surface area (Å²) in [5.41, 5.74) is 0.978. The number of amides is 2. The Kier molecular flexibility index (Phi) is 4.63. The highest BCUT2D eigenvalue weighted by atomic mass is 16.3. The van der Waals surface area contributed by atoms with Crippen molar-refractivity contribution in [2.24, 2.45) is 0 Å². The molecule has 0 unspecified atom stereocenters. The quantitative estimate of drug-likeness (QED) is 0.757. The largest absolute Gasteiger partial charge is 0.390 e. The minimum Gasteiger partial charge on any atom is -0.390 e. The molecular formula is C15H25N5O2. The van der Waals surface area contributed by atoms with Crippen molar-refractivity contribution < 1.29 is 9.90 Å². The molecule has 0 spiro atoms. The van der Waals surface area contributed by atoms with Crippen LogP contribution in [0, 0.1) is 6.92 Å². The Morgan fingerprint density at radius 1 is 1.41 bits per heavy atom. The van der Waals surface area contributed by atoms with E-state index in [4.69, 9.17) is 0 Å². The van der Waals surface area contributed by atoms with Crippen molar-refractivity contribution in [2.45, 2.75) is 44.9 Å². The van der Waals surface area contributed by atoms with Crippen LogP contribution in [-0.4, -0.2) is 69.2 Å². The molecular weight excluding hydrogens is 282 g/mol. The number of H-pyrrole nitrogens is 1. The van der Waals surface area contributed by atoms with Gasteiger partial charge in [-0.05, 0) is 32.9 Å². The van der Waals surface area contributed by atoms with E-state index in [0.29, 0.717) is 19.6 Å². The average molecular weight is 307 g/mol. The van der Waals surface area contributed by atoms with Crippen LogP contribution in [0.25, 0.3) is 0 Å². The van der Waals surface area contributed by atoms with Crippen LogP contribution in [0.2, 0.25) is 0 Å². The summed E-state index contributed by atoms with van der Waals surface area (Å²) in [6.07, 6.45) is 4.94. The normalized spacial score (nSPS) is 26.4. The number of aromatic nitrogens is 2. The third kappa shape index (κ3) is 3.41. The number of urea groups is 1. The van der Waals surface area contributed by atoms with Gasteiger partial charge in [-0.2, -0.15) is 0 Å². The molecule has 2 amide bonds. The number of piperidine rings is 1. The monoisotopic (exact) mass is 307 g/mol. The van der Waals surface area contributed by atoms with Gasteiger partial charge in [-0.15, -0.1) is 0 Å². The first-order chi connectivity index (χ1) is 10.6. The topological polar surface area (TPSA) is 84.5 Å². The van der Waals surface area contributed by atoms with Gasteiger partial charge >= 0.3 is 6.03 Å². The number of aryl methyl sites for hydroxylation is 1. The summed E-state index contributed by atoms with van der Waals surface area (Å²) in [5.74, 6) is 0.748. The van der Waals surface area contributed by atoms with Crippen molar-refractivity contribution in [1.82, 2.24) is 25.1 Å². The molecule has 0 bridgehead atoms. The summed E-state index contributed by atoms with van der Waals surface area (Å²) in [7, 11) is 0. The number of carbonyl (C=O) groups is 1. The molecule has 2 saturated heterocycles. The highest BCUT2D eigenvalue weighted by molar-refractivity contribution is 5.74. The van der Waals surface area contributed by atoms with E-state index in [1.165, 1.54) is 19.3 Å². The predicted molar refractivity (Wildman–Crippen MR) is 82.4 cm³/mol. The number of hydrogen-bond donors (Lipinski definition) is 3. The second-order valence-corrected chi connectivity index (χ2v) is 6.31. The minimum absolute atomic E-state index is 0.0805. The summed E-state index contributed by atoms with van der Waals surface area (Å²) in [5, 5.41) is 13.1. The molecule has 22 heavy (non-hydrogen) atoms. The molecule has 1 aromatic rings. The lowest BCUT2D eigenvalue weighted by molar-refractivity contribution is 0.0706. The van der Waals surface area contributed by atoms with Gasteiger partial charge in [0.2, 0.25) is 0 Å². The van der Waals surface area contributed by atoms with Crippen LogP contribution in [-0.2, 0) is 6.54 Å². The van der Waals surface area contributed by atoms with Gasteiger partial charge in [0.15, 0.2) is 0 Å². The van der Waals surface area contributed by atoms with Gasteiger partial charge in [-0.3, -0.25) is 4.90 Å². The maximum atomic E-state index is 12.2. The number of β-amino-alcohol motifs (C(OH)–C–C–N with tert-alkyl or cyclic N) is 1. The molecule has 2 atom stereocenters. The Morgan fingerprint density at radius 2 is 2.18 bits per heavy atom. The zero-order valence-electron chi connectivity index (χ0n) is 13.1. The van der Waals surface area contributed by atoms with Gasteiger partial charge in [-0.25, -0.2) is 9.78 Å². The first-order valence-electron chi connectivity index (χ1n) is 8.09. The number of likely N-dealkylation sites (tertiary alicyclic amines) is 2. The van der Waals surface area contributed by atoms with E-state index in [1.54, 1.807) is 11.1 Å². The van der Waals surface area contributed by atoms with E-state index >= 15 is 0 Å². The lowest BCUT2D eigenvalue weighted by atomic mass is 10.1. The first-order valence-corrected chi connectivity index (χ1v) is 8.09. The van der Waals surface area contributed by atoms with Gasteiger partial charge in [0.25, 0.3) is 0 Å². The number of hydrogen-bond acceptors (Lipinski definition) is 4. The average Bonchev–Trinajstić information content (AvgIpc) is 3.12. The van der Waals surface area contributed by atoms with Gasteiger partial charge in [0, 0.05) is 25.0 Å². The van der Waals surface area contributed by atoms with Crippen LogP contribution in [0.15, 0.2) is 6.20 Å². The molecule has 0 aliphatic carbocycles. The van der Waals surface area contributed by atoms with Crippen LogP contribution in [0.4, 0.5) is 4.79 Å². The number of carbonyl (C=O) groups excluding carboxylic acids is 1. The minimum atomic E-state index is -0.449. The fraction of sp³-hybridized carbons (Fsp3) is 0.733. The molecule has 2 aliphatic heterocycles. The fourth-order valence-corrected chi connectivity index (χ4v) is 3.37. The Hall–Kier alpha value is -1.60. The number of nitrogens with one attached hydrogen (secondary N) is 2. The number of aliphatic hydroxyl groups is 1. The molecule has 7 heteroatoms. The van der Waals surface area contributed by atoms with Crippen molar-refractivity contribution in [3.05, 3.63) is 17.7 Å². The summed E-state index contributed by atoms with van der Waals surface area (Å²) < 4.78 is 0. The molecule has 2 fully saturated rings. The second kappa shape index (κ2) is 6.66. The SMILES string of the molecule is Cc1cnc(CNC(=O)N2C[C@H](O)[C@@H](N3CCCCC3)C2)[nH]1. The highest BCUT2D eigenvalue weighted by Crippen LogP contribution is 2.20. The first kappa shape index (κ1) is 15.3. The third-order valence-corrected chi connectivity index (χ3v) is 4.57. The van der Waals surface area contributed by atoms with Gasteiger partial charge in [-0.1, -0.05) is 6.42 Å². The number of imidazole rings is 1. The number of aromatic amines is 1. The number of nitrogens with zero attached hydrogens (tertiary/aromatic N) is 3. The van der Waals surface area contributed by atoms with Gasteiger partial charge < -0.3 is 20.3 Å². The maximum absolute atomic E-state index is 12.2. The molecule has 0 saturated carbocycles. The van der Waals surface area contributed by atoms with E-state index in [1.807, 2.05) is 6.92 Å². The molecule has 3 N–H and O–H groups in total. The predicted octanol–water partition coefficient (Wildman–Crippen LogP) is 0.459. The van der Waals surface area contributed by atoms with Crippen molar-refractivity contribution in [3.8, 4) is 0 Å². The van der Waals surface area contributed by atoms with Crippen LogP contribution < -0.4 is 5.32 Å². The third-order valence-electron chi connectivity index (χ3n) is 4.57. The van der Waals surface area contributed by atoms with Crippen LogP contribution in [0.3, 0.4) is 0 Å². The molecule has 0 radical (unpaired) electrons. The zero-order valence-corrected chi connectivity index (χ0v) is 13.1. The fourth-order valence-electron chi connectivity index (χ4n) is 3.37. The van der Waals surface area contributed by atoms with Crippen LogP contribution in [0.1, 0.15) is 30.8 Å². The number of aliphatic hydroxyl groups excluding tert-OH is 1. The smallest absolute Gasteiger partial charge is 0.317 e. The molecule has 0 aromatic carbocycles. The van der Waals surface area contributed by atoms with Crippen molar-refractivity contribution in [2.75, 3.05) is 26.2 Å². The van der Waals surface area contributed by atoms with Crippen molar-refractivity contribution in [3.63, 3.8) is 0 Å². The standard InChI is InChI=1S/C15H25N5O2/c1-11-7-16-14(18-11)8-17-15(22)20-9-12(13(21)10-20)19-5-3-2-4-6-19/h7,12-13,21H,2-6,8-10H2,1H3,(H,16,18)(H,17,22)/t12-,13-/m0/s1. The Balaban J connectivity index is 1.51. The molecule has 122 valence electrons. The zero-order chi connectivity index (χ0) is 15.5. The molecule has 7 nitrogen and oxygen atoms in total. The summed E-state index contributed by atoms with van der Waals surface area (Å²) in [4.78, 5) is 23.5.